The van der Waals surface area contributed by atoms with Gasteiger partial charge >= 0.3 is 0 Å². The summed E-state index contributed by atoms with van der Waals surface area (Å²) < 4.78 is 11.7. The van der Waals surface area contributed by atoms with Crippen LogP contribution in [0.3, 0.4) is 0 Å². The van der Waals surface area contributed by atoms with Gasteiger partial charge in [0, 0.05) is 16.3 Å². The fourth-order valence-electron chi connectivity index (χ4n) is 1.16. The summed E-state index contributed by atoms with van der Waals surface area (Å²) in [4.78, 5) is 0.877. The number of benzene rings is 1. The highest BCUT2D eigenvalue weighted by Gasteiger charge is 2.05. The Morgan fingerprint density at radius 1 is 1.46 bits per heavy atom. The number of anilines is 1. The molecule has 72 valence electrons. The van der Waals surface area contributed by atoms with Gasteiger partial charge in [-0.05, 0) is 31.0 Å². The number of hydrogen-bond acceptors (Lipinski definition) is 2. The molecule has 0 saturated heterocycles. The van der Waals surface area contributed by atoms with Crippen LogP contribution in [0.2, 0.25) is 0 Å². The van der Waals surface area contributed by atoms with Gasteiger partial charge in [0.1, 0.15) is 0 Å². The second kappa shape index (κ2) is 4.42. The normalized spacial score (nSPS) is 12.8. The highest BCUT2D eigenvalue weighted by Crippen LogP contribution is 2.17. The van der Waals surface area contributed by atoms with Crippen LogP contribution in [0, 0.1) is 6.92 Å². The molecule has 13 heavy (non-hydrogen) atoms. The highest BCUT2D eigenvalue weighted by atomic mass is 32.2. The Morgan fingerprint density at radius 3 is 2.77 bits per heavy atom. The SMILES string of the molecule is CCCS(=O)c1cc(N)ccc1C. The zero-order valence-corrected chi connectivity index (χ0v) is 8.86. The molecule has 0 radical (unpaired) electrons. The average Bonchev–Trinajstić information content (AvgIpc) is 2.09. The van der Waals surface area contributed by atoms with Gasteiger partial charge in [0.15, 0.2) is 0 Å². The first-order chi connectivity index (χ1) is 6.15. The summed E-state index contributed by atoms with van der Waals surface area (Å²) in [5.74, 6) is 0.713. The largest absolute Gasteiger partial charge is 0.399 e. The van der Waals surface area contributed by atoms with E-state index in [9.17, 15) is 4.21 Å². The van der Waals surface area contributed by atoms with Crippen molar-refractivity contribution in [2.45, 2.75) is 25.2 Å². The van der Waals surface area contributed by atoms with Gasteiger partial charge in [0.25, 0.3) is 0 Å². The Balaban J connectivity index is 2.99. The van der Waals surface area contributed by atoms with E-state index in [1.807, 2.05) is 26.0 Å². The van der Waals surface area contributed by atoms with Crippen LogP contribution in [-0.2, 0) is 10.8 Å². The first-order valence-electron chi connectivity index (χ1n) is 4.39. The van der Waals surface area contributed by atoms with E-state index in [4.69, 9.17) is 5.73 Å². The molecule has 1 aromatic rings. The van der Waals surface area contributed by atoms with Crippen molar-refractivity contribution in [1.82, 2.24) is 0 Å². The van der Waals surface area contributed by atoms with Gasteiger partial charge in [-0.3, -0.25) is 4.21 Å². The minimum Gasteiger partial charge on any atom is -0.399 e. The molecule has 0 amide bonds. The highest BCUT2D eigenvalue weighted by molar-refractivity contribution is 7.85. The molecule has 0 aliphatic rings. The fourth-order valence-corrected chi connectivity index (χ4v) is 2.44. The zero-order valence-electron chi connectivity index (χ0n) is 8.04. The molecule has 1 atom stereocenters. The molecule has 0 heterocycles. The number of nitrogen functional groups attached to an aromatic ring is 1. The molecule has 0 spiro atoms. The van der Waals surface area contributed by atoms with E-state index in [1.165, 1.54) is 0 Å². The van der Waals surface area contributed by atoms with E-state index in [1.54, 1.807) is 6.07 Å². The molecule has 1 aromatic carbocycles. The minimum atomic E-state index is -0.885. The van der Waals surface area contributed by atoms with Crippen LogP contribution in [0.1, 0.15) is 18.9 Å². The lowest BCUT2D eigenvalue weighted by Crippen LogP contribution is -2.00. The van der Waals surface area contributed by atoms with E-state index in [0.717, 1.165) is 16.9 Å². The second-order valence-corrected chi connectivity index (χ2v) is 4.61. The third-order valence-corrected chi connectivity index (χ3v) is 3.56. The molecule has 2 N–H and O–H groups in total. The maximum absolute atomic E-state index is 11.7. The molecule has 1 rings (SSSR count). The van der Waals surface area contributed by atoms with Gasteiger partial charge in [-0.15, -0.1) is 0 Å². The predicted octanol–water partition coefficient (Wildman–Crippen LogP) is 2.09. The van der Waals surface area contributed by atoms with Gasteiger partial charge in [-0.1, -0.05) is 13.0 Å². The van der Waals surface area contributed by atoms with E-state index in [0.29, 0.717) is 11.4 Å². The molecule has 0 fully saturated rings. The first kappa shape index (κ1) is 10.3. The van der Waals surface area contributed by atoms with Crippen LogP contribution in [0.25, 0.3) is 0 Å². The molecule has 0 aromatic heterocycles. The molecule has 1 unspecified atom stereocenters. The van der Waals surface area contributed by atoms with Crippen LogP contribution < -0.4 is 5.73 Å². The summed E-state index contributed by atoms with van der Waals surface area (Å²) >= 11 is 0. The van der Waals surface area contributed by atoms with Crippen LogP contribution in [-0.4, -0.2) is 9.96 Å². The van der Waals surface area contributed by atoms with Crippen LogP contribution in [0.4, 0.5) is 5.69 Å². The Hall–Kier alpha value is -0.830. The van der Waals surface area contributed by atoms with Crippen LogP contribution in [0.15, 0.2) is 23.1 Å². The maximum Gasteiger partial charge on any atom is 0.0532 e. The summed E-state index contributed by atoms with van der Waals surface area (Å²) in [5.41, 5.74) is 7.37. The van der Waals surface area contributed by atoms with Crippen molar-refractivity contribution in [3.8, 4) is 0 Å². The standard InChI is InChI=1S/C10H15NOS/c1-3-6-13(12)10-7-9(11)5-4-8(10)2/h4-5,7H,3,6,11H2,1-2H3. The van der Waals surface area contributed by atoms with Crippen molar-refractivity contribution in [3.05, 3.63) is 23.8 Å². The molecule has 3 heteroatoms. The fraction of sp³-hybridized carbons (Fsp3) is 0.400. The van der Waals surface area contributed by atoms with Crippen molar-refractivity contribution in [1.29, 1.82) is 0 Å². The lowest BCUT2D eigenvalue weighted by molar-refractivity contribution is 0.681. The lowest BCUT2D eigenvalue weighted by atomic mass is 10.2. The smallest absolute Gasteiger partial charge is 0.0532 e. The predicted molar refractivity (Wildman–Crippen MR) is 57.2 cm³/mol. The average molecular weight is 197 g/mol. The topological polar surface area (TPSA) is 43.1 Å². The van der Waals surface area contributed by atoms with Crippen molar-refractivity contribution in [2.24, 2.45) is 0 Å². The Kier molecular flexibility index (Phi) is 3.48. The third kappa shape index (κ3) is 2.56. The quantitative estimate of drug-likeness (QED) is 0.754. The van der Waals surface area contributed by atoms with Gasteiger partial charge in [0.05, 0.1) is 10.8 Å². The lowest BCUT2D eigenvalue weighted by Gasteiger charge is -2.05. The van der Waals surface area contributed by atoms with Crippen molar-refractivity contribution >= 4 is 16.5 Å². The van der Waals surface area contributed by atoms with E-state index >= 15 is 0 Å². The van der Waals surface area contributed by atoms with Crippen molar-refractivity contribution in [3.63, 3.8) is 0 Å². The molecular weight excluding hydrogens is 182 g/mol. The van der Waals surface area contributed by atoms with Gasteiger partial charge in [0.2, 0.25) is 0 Å². The van der Waals surface area contributed by atoms with E-state index in [-0.39, 0.29) is 0 Å². The van der Waals surface area contributed by atoms with Gasteiger partial charge in [-0.2, -0.15) is 0 Å². The molecule has 2 nitrogen and oxygen atoms in total. The molecular formula is C10H15NOS. The summed E-state index contributed by atoms with van der Waals surface area (Å²) in [7, 11) is -0.885. The molecule has 0 saturated carbocycles. The summed E-state index contributed by atoms with van der Waals surface area (Å²) in [6, 6.07) is 5.56. The van der Waals surface area contributed by atoms with E-state index in [2.05, 4.69) is 0 Å². The summed E-state index contributed by atoms with van der Waals surface area (Å²) in [6.07, 6.45) is 0.931. The third-order valence-electron chi connectivity index (χ3n) is 1.85. The minimum absolute atomic E-state index is 0.685. The number of rotatable bonds is 3. The Bertz CT molecular complexity index is 323. The number of nitrogens with two attached hydrogens (primary N) is 1. The zero-order chi connectivity index (χ0) is 9.84. The van der Waals surface area contributed by atoms with Gasteiger partial charge in [-0.25, -0.2) is 0 Å². The monoisotopic (exact) mass is 197 g/mol. The van der Waals surface area contributed by atoms with Crippen molar-refractivity contribution < 1.29 is 4.21 Å². The van der Waals surface area contributed by atoms with E-state index < -0.39 is 10.8 Å². The summed E-state index contributed by atoms with van der Waals surface area (Å²) in [5, 5.41) is 0. The second-order valence-electron chi connectivity index (χ2n) is 3.07. The van der Waals surface area contributed by atoms with Crippen LogP contribution in [0.5, 0.6) is 0 Å². The molecule has 0 aliphatic heterocycles. The molecule has 0 bridgehead atoms. The Labute approximate surface area is 81.6 Å². The molecule has 0 aliphatic carbocycles. The number of aryl methyl sites for hydroxylation is 1. The Morgan fingerprint density at radius 2 is 2.15 bits per heavy atom. The van der Waals surface area contributed by atoms with Gasteiger partial charge < -0.3 is 5.73 Å². The van der Waals surface area contributed by atoms with Crippen LogP contribution >= 0.6 is 0 Å². The summed E-state index contributed by atoms with van der Waals surface area (Å²) in [6.45, 7) is 3.99. The first-order valence-corrected chi connectivity index (χ1v) is 5.71. The maximum atomic E-state index is 11.7. The number of hydrogen-bond donors (Lipinski definition) is 1. The van der Waals surface area contributed by atoms with Crippen molar-refractivity contribution in [2.75, 3.05) is 11.5 Å².